The molecule has 7 heteroatoms. The van der Waals surface area contributed by atoms with Crippen molar-refractivity contribution in [3.8, 4) is 0 Å². The van der Waals surface area contributed by atoms with E-state index in [9.17, 15) is 24.9 Å². The molecule has 1 amide bonds. The van der Waals surface area contributed by atoms with Crippen molar-refractivity contribution in [2.24, 2.45) is 22.7 Å². The van der Waals surface area contributed by atoms with E-state index in [1.54, 1.807) is 6.08 Å². The fraction of sp³-hybridized carbons (Fsp3) is 0.760. The van der Waals surface area contributed by atoms with E-state index in [2.05, 4.69) is 38.7 Å². The number of aliphatic hydroxyl groups excluding tert-OH is 1. The number of rotatable bonds is 9. The zero-order valence-corrected chi connectivity index (χ0v) is 21.0. The number of carbonyl (C=O) groups excluding carboxylic acids is 1. The van der Waals surface area contributed by atoms with Crippen LogP contribution in [0.2, 0.25) is 0 Å². The first-order valence-corrected chi connectivity index (χ1v) is 12.7. The van der Waals surface area contributed by atoms with E-state index in [0.717, 1.165) is 24.8 Å². The zero-order chi connectivity index (χ0) is 24.3. The summed E-state index contributed by atoms with van der Waals surface area (Å²) in [6.07, 6.45) is 7.35. The molecule has 0 aromatic rings. The zero-order valence-electron chi connectivity index (χ0n) is 20.2. The van der Waals surface area contributed by atoms with Crippen LogP contribution in [-0.4, -0.2) is 56.4 Å². The molecule has 2 saturated carbocycles. The van der Waals surface area contributed by atoms with Gasteiger partial charge in [-0.2, -0.15) is 11.8 Å². The summed E-state index contributed by atoms with van der Waals surface area (Å²) in [4.78, 5) is 22.8. The van der Waals surface area contributed by atoms with Gasteiger partial charge in [0.25, 0.3) is 0 Å². The van der Waals surface area contributed by atoms with Gasteiger partial charge in [-0.3, -0.25) is 4.79 Å². The van der Waals surface area contributed by atoms with Gasteiger partial charge < -0.3 is 20.6 Å². The molecule has 0 aromatic carbocycles. The highest BCUT2D eigenvalue weighted by atomic mass is 32.2. The second-order valence-electron chi connectivity index (χ2n) is 10.7. The number of thioether (sulfide) groups is 1. The second-order valence-corrected chi connectivity index (χ2v) is 11.7. The molecule has 4 N–H and O–H groups in total. The van der Waals surface area contributed by atoms with E-state index in [-0.39, 0.29) is 34.2 Å². The van der Waals surface area contributed by atoms with Gasteiger partial charge in [0.15, 0.2) is 0 Å². The lowest BCUT2D eigenvalue weighted by Gasteiger charge is -2.63. The molecule has 6 nitrogen and oxygen atoms in total. The maximum Gasteiger partial charge on any atom is 0.327 e. The van der Waals surface area contributed by atoms with Crippen LogP contribution >= 0.6 is 11.8 Å². The summed E-state index contributed by atoms with van der Waals surface area (Å²) in [6.45, 7) is 13.9. The van der Waals surface area contributed by atoms with E-state index < -0.39 is 29.6 Å². The first kappa shape index (κ1) is 26.9. The van der Waals surface area contributed by atoms with E-state index in [4.69, 9.17) is 0 Å². The molecule has 0 aliphatic heterocycles. The third-order valence-electron chi connectivity index (χ3n) is 8.00. The Bertz CT molecular complexity index is 751. The largest absolute Gasteiger partial charge is 0.480 e. The number of carboxylic acids is 1. The van der Waals surface area contributed by atoms with Crippen molar-refractivity contribution in [3.63, 3.8) is 0 Å². The number of carbonyl (C=O) groups is 2. The molecule has 0 unspecified atom stereocenters. The number of fused-ring (bicyclic) bond motifs is 1. The summed E-state index contributed by atoms with van der Waals surface area (Å²) in [5.74, 6) is -1.05. The molecule has 182 valence electrons. The highest BCUT2D eigenvalue weighted by molar-refractivity contribution is 7.99. The normalized spacial score (nSPS) is 35.5. The molecule has 0 aromatic heterocycles. The number of hydrogen-bond acceptors (Lipinski definition) is 5. The molecule has 2 aliphatic rings. The average molecular weight is 468 g/mol. The molecule has 0 saturated heterocycles. The minimum absolute atomic E-state index is 0.0811. The molecule has 2 aliphatic carbocycles. The first-order valence-electron chi connectivity index (χ1n) is 11.5. The Balaban J connectivity index is 2.33. The number of aliphatic carboxylic acids is 1. The van der Waals surface area contributed by atoms with Crippen LogP contribution in [0.15, 0.2) is 24.3 Å². The summed E-state index contributed by atoms with van der Waals surface area (Å²) < 4.78 is 0. The standard InChI is InChI=1S/C25H41NO5S/c1-7-16(2)9-10-19-24(6)12-8-11-23(4,5)20(24)13-21(28)25(19,31)15-32-14-18(22(29)30)26-17(3)27/h7,9,18-21,28,31H,1,8,10-15H2,2-6H3,(H,26,27)(H,29,30)/b16-9+/t18-,19-,20+,21+,24-,25+/m1/s1. The predicted octanol–water partition coefficient (Wildman–Crippen LogP) is 3.78. The van der Waals surface area contributed by atoms with Gasteiger partial charge in [0.2, 0.25) is 5.91 Å². The number of hydrogen-bond donors (Lipinski definition) is 4. The van der Waals surface area contributed by atoms with E-state index >= 15 is 0 Å². The van der Waals surface area contributed by atoms with Crippen molar-refractivity contribution >= 4 is 23.6 Å². The molecule has 32 heavy (non-hydrogen) atoms. The first-order chi connectivity index (χ1) is 14.8. The van der Waals surface area contributed by atoms with Gasteiger partial charge in [-0.25, -0.2) is 4.79 Å². The van der Waals surface area contributed by atoms with Gasteiger partial charge in [0.05, 0.1) is 6.10 Å². The molecule has 0 radical (unpaired) electrons. The van der Waals surface area contributed by atoms with Crippen molar-refractivity contribution in [2.45, 2.75) is 84.5 Å². The summed E-state index contributed by atoms with van der Waals surface area (Å²) in [5.41, 5.74) is -0.372. The third kappa shape index (κ3) is 5.60. The Morgan fingerprint density at radius 3 is 2.47 bits per heavy atom. The van der Waals surface area contributed by atoms with Crippen molar-refractivity contribution in [2.75, 3.05) is 11.5 Å². The minimum Gasteiger partial charge on any atom is -0.480 e. The Labute approximate surface area is 196 Å². The van der Waals surface area contributed by atoms with E-state index in [1.807, 2.05) is 6.92 Å². The topological polar surface area (TPSA) is 107 Å². The van der Waals surface area contributed by atoms with Crippen molar-refractivity contribution in [1.29, 1.82) is 0 Å². The van der Waals surface area contributed by atoms with Crippen LogP contribution in [0.3, 0.4) is 0 Å². The van der Waals surface area contributed by atoms with Crippen LogP contribution in [0.4, 0.5) is 0 Å². The van der Waals surface area contributed by atoms with Crippen LogP contribution in [-0.2, 0) is 9.59 Å². The Morgan fingerprint density at radius 2 is 1.91 bits per heavy atom. The SMILES string of the molecule is C=C/C(C)=C/C[C@@H]1[C@@]2(C)CCCC(C)(C)[C@@H]2C[C@H](O)[C@]1(O)CSC[C@@H](NC(C)=O)C(=O)O. The lowest BCUT2D eigenvalue weighted by molar-refractivity contribution is -0.215. The summed E-state index contributed by atoms with van der Waals surface area (Å²) in [7, 11) is 0. The van der Waals surface area contributed by atoms with Crippen molar-refractivity contribution in [3.05, 3.63) is 24.3 Å². The maximum atomic E-state index is 11.9. The quantitative estimate of drug-likeness (QED) is 0.385. The number of aliphatic hydroxyl groups is 2. The second kappa shape index (κ2) is 10.3. The van der Waals surface area contributed by atoms with Crippen molar-refractivity contribution in [1.82, 2.24) is 5.32 Å². The lowest BCUT2D eigenvalue weighted by Crippen LogP contribution is -2.65. The highest BCUT2D eigenvalue weighted by Crippen LogP contribution is 2.63. The molecular weight excluding hydrogens is 426 g/mol. The Hall–Kier alpha value is -1.31. The van der Waals surface area contributed by atoms with Crippen molar-refractivity contribution < 1.29 is 24.9 Å². The third-order valence-corrected chi connectivity index (χ3v) is 9.24. The van der Waals surface area contributed by atoms with Gasteiger partial charge in [-0.05, 0) is 49.4 Å². The fourth-order valence-corrected chi connectivity index (χ4v) is 7.52. The molecule has 0 heterocycles. The fourth-order valence-electron chi connectivity index (χ4n) is 6.22. The summed E-state index contributed by atoms with van der Waals surface area (Å²) in [5, 5.41) is 35.0. The maximum absolute atomic E-state index is 11.9. The lowest BCUT2D eigenvalue weighted by atomic mass is 9.44. The van der Waals surface area contributed by atoms with Crippen LogP contribution in [0.1, 0.15) is 66.7 Å². The molecule has 2 rings (SSSR count). The van der Waals surface area contributed by atoms with Crippen LogP contribution in [0.5, 0.6) is 0 Å². The monoisotopic (exact) mass is 467 g/mol. The van der Waals surface area contributed by atoms with E-state index in [0.29, 0.717) is 12.8 Å². The van der Waals surface area contributed by atoms with Crippen LogP contribution < -0.4 is 5.32 Å². The van der Waals surface area contributed by atoms with Gasteiger partial charge in [-0.15, -0.1) is 0 Å². The Morgan fingerprint density at radius 1 is 1.25 bits per heavy atom. The van der Waals surface area contributed by atoms with Gasteiger partial charge >= 0.3 is 5.97 Å². The Kier molecular flexibility index (Phi) is 8.68. The van der Waals surface area contributed by atoms with Gasteiger partial charge in [0, 0.05) is 24.3 Å². The van der Waals surface area contributed by atoms with Crippen LogP contribution in [0, 0.1) is 22.7 Å². The number of amides is 1. The molecule has 0 spiro atoms. The number of carboxylic acid groups (broad SMARTS) is 1. The molecule has 6 atom stereocenters. The summed E-state index contributed by atoms with van der Waals surface area (Å²) >= 11 is 1.28. The summed E-state index contributed by atoms with van der Waals surface area (Å²) in [6, 6.07) is -1.03. The smallest absolute Gasteiger partial charge is 0.327 e. The van der Waals surface area contributed by atoms with Gasteiger partial charge in [0.1, 0.15) is 11.6 Å². The molecule has 0 bridgehead atoms. The van der Waals surface area contributed by atoms with Gasteiger partial charge in [-0.1, -0.05) is 51.5 Å². The minimum atomic E-state index is -1.35. The average Bonchev–Trinajstić information content (AvgIpc) is 2.68. The molecule has 2 fully saturated rings. The number of nitrogens with one attached hydrogen (secondary N) is 1. The predicted molar refractivity (Wildman–Crippen MR) is 129 cm³/mol. The van der Waals surface area contributed by atoms with Crippen LogP contribution in [0.25, 0.3) is 0 Å². The molecular formula is C25H41NO5S. The van der Waals surface area contributed by atoms with E-state index in [1.165, 1.54) is 18.7 Å². The highest BCUT2D eigenvalue weighted by Gasteiger charge is 2.62. The number of allylic oxidation sites excluding steroid dienone is 3.